The van der Waals surface area contributed by atoms with Crippen LogP contribution in [0.5, 0.6) is 0 Å². The maximum Gasteiger partial charge on any atom is 0.309 e. The van der Waals surface area contributed by atoms with Crippen LogP contribution >= 0.6 is 12.2 Å². The Morgan fingerprint density at radius 3 is 2.69 bits per heavy atom. The molecule has 0 bridgehead atoms. The average molecular weight is 375 g/mol. The first-order valence-corrected chi connectivity index (χ1v) is 9.76. The molecule has 1 aliphatic heterocycles. The molecule has 1 saturated heterocycles. The van der Waals surface area contributed by atoms with Crippen molar-refractivity contribution < 1.29 is 14.4 Å². The van der Waals surface area contributed by atoms with Gasteiger partial charge in [-0.15, -0.1) is 0 Å². The van der Waals surface area contributed by atoms with Gasteiger partial charge >= 0.3 is 5.97 Å². The monoisotopic (exact) mass is 374 g/mol. The number of piperidine rings is 1. The Morgan fingerprint density at radius 2 is 2.00 bits per heavy atom. The molecule has 1 aromatic carbocycles. The van der Waals surface area contributed by atoms with Crippen molar-refractivity contribution in [2.75, 3.05) is 19.7 Å². The van der Waals surface area contributed by atoms with Gasteiger partial charge in [-0.3, -0.25) is 13.9 Å². The second-order valence-corrected chi connectivity index (χ2v) is 7.44. The van der Waals surface area contributed by atoms with Crippen molar-refractivity contribution in [3.63, 3.8) is 0 Å². The Labute approximate surface area is 160 Å². The molecule has 2 heterocycles. The number of rotatable bonds is 5. The van der Waals surface area contributed by atoms with Crippen LogP contribution in [0.15, 0.2) is 30.6 Å². The van der Waals surface area contributed by atoms with Crippen molar-refractivity contribution in [1.82, 2.24) is 9.13 Å². The second kappa shape index (κ2) is 8.18. The first kappa shape index (κ1) is 18.9. The highest BCUT2D eigenvalue weighted by Crippen LogP contribution is 2.18. The summed E-state index contributed by atoms with van der Waals surface area (Å²) in [6, 6.07) is 6.31. The van der Waals surface area contributed by atoms with Gasteiger partial charge in [0, 0.05) is 25.2 Å². The van der Waals surface area contributed by atoms with Gasteiger partial charge in [0.1, 0.15) is 0 Å². The summed E-state index contributed by atoms with van der Waals surface area (Å²) in [5.41, 5.74) is 3.66. The Balaban J connectivity index is 1.68. The van der Waals surface area contributed by atoms with Gasteiger partial charge in [-0.2, -0.15) is 0 Å². The second-order valence-electron chi connectivity index (χ2n) is 7.07. The van der Waals surface area contributed by atoms with Crippen LogP contribution in [0.4, 0.5) is 0 Å². The number of esters is 1. The molecule has 1 aromatic heterocycles. The van der Waals surface area contributed by atoms with Crippen molar-refractivity contribution in [3.8, 4) is 5.69 Å². The lowest BCUT2D eigenvalue weighted by atomic mass is 9.97. The van der Waals surface area contributed by atoms with E-state index in [-0.39, 0.29) is 11.9 Å². The number of quaternary nitrogens is 1. The number of likely N-dealkylation sites (tertiary alicyclic amines) is 1. The van der Waals surface area contributed by atoms with E-state index in [1.165, 1.54) is 16.0 Å². The molecule has 2 aromatic rings. The molecule has 1 aliphatic rings. The Bertz CT molecular complexity index is 832. The Hall–Kier alpha value is -1.92. The van der Waals surface area contributed by atoms with E-state index in [4.69, 9.17) is 17.0 Å². The molecule has 140 valence electrons. The average Bonchev–Trinajstić information content (AvgIpc) is 2.99. The summed E-state index contributed by atoms with van der Waals surface area (Å²) >= 11 is 5.72. The lowest BCUT2D eigenvalue weighted by Gasteiger charge is -2.28. The molecule has 0 saturated carbocycles. The number of imidazole rings is 1. The Morgan fingerprint density at radius 1 is 1.27 bits per heavy atom. The summed E-state index contributed by atoms with van der Waals surface area (Å²) in [4.78, 5) is 13.3. The SMILES string of the molecule is CCOC(=O)C1CC[NH+](Cn2ccn(-c3cccc(C)c3C)c2=S)CC1. The molecule has 1 N–H and O–H groups in total. The maximum absolute atomic E-state index is 11.9. The summed E-state index contributed by atoms with van der Waals surface area (Å²) in [5.74, 6) is 0.0236. The summed E-state index contributed by atoms with van der Waals surface area (Å²) in [6.07, 6.45) is 5.89. The number of carbonyl (C=O) groups excluding carboxylic acids is 1. The van der Waals surface area contributed by atoms with Crippen LogP contribution in [0.25, 0.3) is 5.69 Å². The van der Waals surface area contributed by atoms with Gasteiger partial charge < -0.3 is 9.64 Å². The lowest BCUT2D eigenvalue weighted by molar-refractivity contribution is -0.928. The zero-order valence-electron chi connectivity index (χ0n) is 15.8. The number of aryl methyl sites for hydroxylation is 1. The maximum atomic E-state index is 11.9. The van der Waals surface area contributed by atoms with E-state index in [2.05, 4.69) is 53.6 Å². The van der Waals surface area contributed by atoms with Gasteiger partial charge in [0.15, 0.2) is 11.4 Å². The summed E-state index contributed by atoms with van der Waals surface area (Å²) in [6.45, 7) is 9.37. The van der Waals surface area contributed by atoms with Gasteiger partial charge in [0.2, 0.25) is 0 Å². The van der Waals surface area contributed by atoms with Gasteiger partial charge in [-0.05, 0) is 50.2 Å². The summed E-state index contributed by atoms with van der Waals surface area (Å²) in [5, 5.41) is 0. The van der Waals surface area contributed by atoms with Crippen molar-refractivity contribution in [1.29, 1.82) is 0 Å². The third kappa shape index (κ3) is 3.91. The van der Waals surface area contributed by atoms with Gasteiger partial charge in [-0.25, -0.2) is 0 Å². The molecule has 0 aliphatic carbocycles. The summed E-state index contributed by atoms with van der Waals surface area (Å²) in [7, 11) is 0. The zero-order valence-corrected chi connectivity index (χ0v) is 16.6. The van der Waals surface area contributed by atoms with E-state index in [0.717, 1.165) is 43.1 Å². The largest absolute Gasteiger partial charge is 0.466 e. The predicted octanol–water partition coefficient (Wildman–Crippen LogP) is 2.44. The van der Waals surface area contributed by atoms with Crippen LogP contribution in [-0.2, 0) is 16.2 Å². The molecular formula is C20H28N3O2S+. The van der Waals surface area contributed by atoms with Crippen molar-refractivity contribution in [2.45, 2.75) is 40.3 Å². The topological polar surface area (TPSA) is 40.6 Å². The van der Waals surface area contributed by atoms with Crippen LogP contribution in [0, 0.1) is 24.5 Å². The number of benzene rings is 1. The van der Waals surface area contributed by atoms with E-state index in [1.807, 2.05) is 6.92 Å². The van der Waals surface area contributed by atoms with Crippen LogP contribution in [0.2, 0.25) is 0 Å². The quantitative estimate of drug-likeness (QED) is 0.646. The summed E-state index contributed by atoms with van der Waals surface area (Å²) < 4.78 is 10.2. The standard InChI is InChI=1S/C20H27N3O2S/c1-4-25-19(24)17-8-10-21(11-9-17)14-22-12-13-23(20(22)26)18-7-5-6-15(2)16(18)3/h5-7,12-13,17H,4,8-11,14H2,1-3H3/p+1. The predicted molar refractivity (Wildman–Crippen MR) is 104 cm³/mol. The number of carbonyl (C=O) groups is 1. The number of aromatic nitrogens is 2. The first-order valence-electron chi connectivity index (χ1n) is 9.35. The normalized spacial score (nSPS) is 20.1. The van der Waals surface area contributed by atoms with E-state index in [9.17, 15) is 4.79 Å². The molecule has 6 heteroatoms. The molecule has 0 spiro atoms. The number of nitrogens with one attached hydrogen (secondary N) is 1. The van der Waals surface area contributed by atoms with Gasteiger partial charge in [-0.1, -0.05) is 12.1 Å². The van der Waals surface area contributed by atoms with Crippen molar-refractivity contribution in [2.24, 2.45) is 5.92 Å². The number of hydrogen-bond donors (Lipinski definition) is 1. The molecule has 0 unspecified atom stereocenters. The van der Waals surface area contributed by atoms with Crippen LogP contribution in [-0.4, -0.2) is 34.8 Å². The highest BCUT2D eigenvalue weighted by Gasteiger charge is 2.28. The third-order valence-electron chi connectivity index (χ3n) is 5.39. The molecule has 0 radical (unpaired) electrons. The molecule has 3 rings (SSSR count). The van der Waals surface area contributed by atoms with E-state index < -0.39 is 0 Å². The van der Waals surface area contributed by atoms with Gasteiger partial charge in [0.25, 0.3) is 0 Å². The highest BCUT2D eigenvalue weighted by atomic mass is 32.1. The fourth-order valence-corrected chi connectivity index (χ4v) is 3.92. The zero-order chi connectivity index (χ0) is 18.7. The number of hydrogen-bond acceptors (Lipinski definition) is 3. The van der Waals surface area contributed by atoms with E-state index in [1.54, 1.807) is 0 Å². The van der Waals surface area contributed by atoms with Crippen LogP contribution in [0.1, 0.15) is 30.9 Å². The van der Waals surface area contributed by atoms with Crippen molar-refractivity contribution in [3.05, 3.63) is 46.5 Å². The first-order chi connectivity index (χ1) is 12.5. The minimum absolute atomic E-state index is 0.0377. The van der Waals surface area contributed by atoms with E-state index in [0.29, 0.717) is 6.61 Å². The molecule has 0 atom stereocenters. The van der Waals surface area contributed by atoms with E-state index >= 15 is 0 Å². The minimum Gasteiger partial charge on any atom is -0.466 e. The molecule has 5 nitrogen and oxygen atoms in total. The number of ether oxygens (including phenoxy) is 1. The lowest BCUT2D eigenvalue weighted by Crippen LogP contribution is -3.12. The Kier molecular flexibility index (Phi) is 5.94. The minimum atomic E-state index is -0.0377. The molecular weight excluding hydrogens is 346 g/mol. The third-order valence-corrected chi connectivity index (χ3v) is 5.82. The molecule has 1 fully saturated rings. The highest BCUT2D eigenvalue weighted by molar-refractivity contribution is 7.71. The van der Waals surface area contributed by atoms with Crippen molar-refractivity contribution >= 4 is 18.2 Å². The molecule has 26 heavy (non-hydrogen) atoms. The van der Waals surface area contributed by atoms with Crippen LogP contribution in [0.3, 0.4) is 0 Å². The van der Waals surface area contributed by atoms with Gasteiger partial charge in [0.05, 0.1) is 31.3 Å². The fraction of sp³-hybridized carbons (Fsp3) is 0.500. The smallest absolute Gasteiger partial charge is 0.309 e. The molecule has 0 amide bonds. The fourth-order valence-electron chi connectivity index (χ4n) is 3.63. The number of nitrogens with zero attached hydrogens (tertiary/aromatic N) is 2. The van der Waals surface area contributed by atoms with Crippen LogP contribution < -0.4 is 4.90 Å².